The van der Waals surface area contributed by atoms with Crippen molar-refractivity contribution in [2.24, 2.45) is 12.5 Å². The summed E-state index contributed by atoms with van der Waals surface area (Å²) in [6, 6.07) is 11.0. The fourth-order valence-electron chi connectivity index (χ4n) is 7.83. The molecule has 2 fully saturated rings. The average Bonchev–Trinajstić information content (AvgIpc) is 3.85. The summed E-state index contributed by atoms with van der Waals surface area (Å²) in [5.74, 6) is 0.357. The van der Waals surface area contributed by atoms with Crippen molar-refractivity contribution in [1.29, 1.82) is 0 Å². The molecule has 3 aliphatic rings. The third kappa shape index (κ3) is 7.06. The fourth-order valence-corrected chi connectivity index (χ4v) is 8.40. The summed E-state index contributed by atoms with van der Waals surface area (Å²) in [7, 11) is 3.42. The lowest BCUT2D eigenvalue weighted by Crippen LogP contribution is -2.33. The van der Waals surface area contributed by atoms with Crippen LogP contribution in [0, 0.1) is 5.41 Å². The quantitative estimate of drug-likeness (QED) is 0.189. The Labute approximate surface area is 311 Å². The van der Waals surface area contributed by atoms with Gasteiger partial charge < -0.3 is 24.6 Å². The topological polar surface area (TPSA) is 129 Å². The van der Waals surface area contributed by atoms with Crippen LogP contribution in [0.15, 0.2) is 42.6 Å². The molecule has 3 aliphatic heterocycles. The van der Waals surface area contributed by atoms with Crippen LogP contribution in [0.4, 0.5) is 14.9 Å². The highest BCUT2D eigenvalue weighted by Crippen LogP contribution is 2.42. The summed E-state index contributed by atoms with van der Waals surface area (Å²) >= 11 is 13.9. The number of nitrogens with one attached hydrogen (secondary N) is 1. The number of alkyl halides is 1. The molecule has 4 aromatic rings. The highest BCUT2D eigenvalue weighted by atomic mass is 35.5. The maximum atomic E-state index is 13.5. The number of carbonyl (C=O) groups excluding carboxylic acids is 1. The van der Waals surface area contributed by atoms with Gasteiger partial charge in [0.25, 0.3) is 5.91 Å². The molecule has 0 saturated carbocycles. The SMILES string of the molecule is COc1nc(-c2ccnc(-c3cccc(NC(=O)c4nc5c(n4C)CCN(CCCF)C5)c3Cl)c2Cl)ccc1CN1CC[C@]2(CCN(C(=O)O)C2)C1. The van der Waals surface area contributed by atoms with E-state index in [1.807, 2.05) is 23.7 Å². The summed E-state index contributed by atoms with van der Waals surface area (Å²) in [5, 5.41) is 13.0. The number of fused-ring (bicyclic) bond motifs is 1. The van der Waals surface area contributed by atoms with Crippen molar-refractivity contribution in [3.05, 3.63) is 75.4 Å². The van der Waals surface area contributed by atoms with Gasteiger partial charge in [-0.25, -0.2) is 14.8 Å². The van der Waals surface area contributed by atoms with Crippen LogP contribution >= 0.6 is 23.2 Å². The molecule has 15 heteroatoms. The van der Waals surface area contributed by atoms with Crippen molar-refractivity contribution in [3.63, 3.8) is 0 Å². The third-order valence-electron chi connectivity index (χ3n) is 10.6. The Balaban J connectivity index is 1.08. The lowest BCUT2D eigenvalue weighted by Gasteiger charge is -2.26. The predicted octanol–water partition coefficient (Wildman–Crippen LogP) is 6.41. The van der Waals surface area contributed by atoms with Crippen LogP contribution in [0.3, 0.4) is 0 Å². The molecule has 2 saturated heterocycles. The van der Waals surface area contributed by atoms with Crippen molar-refractivity contribution in [3.8, 4) is 28.4 Å². The maximum Gasteiger partial charge on any atom is 0.407 e. The van der Waals surface area contributed by atoms with E-state index in [-0.39, 0.29) is 22.9 Å². The molecule has 0 bridgehead atoms. The van der Waals surface area contributed by atoms with Crippen molar-refractivity contribution in [1.82, 2.24) is 34.2 Å². The Bertz CT molecular complexity index is 2010. The van der Waals surface area contributed by atoms with Gasteiger partial charge >= 0.3 is 6.09 Å². The van der Waals surface area contributed by atoms with Gasteiger partial charge in [0.15, 0.2) is 5.82 Å². The molecule has 52 heavy (non-hydrogen) atoms. The summed E-state index contributed by atoms with van der Waals surface area (Å²) in [6.07, 6.45) is 3.83. The molecule has 2 N–H and O–H groups in total. The van der Waals surface area contributed by atoms with Crippen LogP contribution < -0.4 is 10.1 Å². The molecule has 2 amide bonds. The molecule has 7 rings (SSSR count). The van der Waals surface area contributed by atoms with E-state index in [1.165, 1.54) is 4.90 Å². The number of amides is 2. The minimum atomic E-state index is -0.851. The third-order valence-corrected chi connectivity index (χ3v) is 11.4. The number of carboxylic acid groups (broad SMARTS) is 1. The number of rotatable bonds is 10. The highest BCUT2D eigenvalue weighted by Gasteiger charge is 2.44. The Morgan fingerprint density at radius 1 is 1.02 bits per heavy atom. The number of anilines is 1. The monoisotopic (exact) mass is 750 g/mol. The second-order valence-electron chi connectivity index (χ2n) is 13.9. The minimum Gasteiger partial charge on any atom is -0.481 e. The van der Waals surface area contributed by atoms with Crippen molar-refractivity contribution in [2.75, 3.05) is 58.4 Å². The number of aromatic nitrogens is 4. The standard InChI is InChI=1S/C37H41Cl2FN8O4/c1-45-29-10-16-46(15-4-13-40)20-28(29)42-33(45)34(49)43-27-6-3-5-25(30(27)38)32-31(39)24(9-14-41-32)26-8-7-23(35(44-26)52-2)19-47-17-11-37(21-47)12-18-48(22-37)36(50)51/h3,5-9,14H,4,10-13,15-22H2,1-2H3,(H,43,49)(H,50,51)/t37-/m0/s1. The Hall–Kier alpha value is -4.30. The minimum absolute atomic E-state index is 0.000426. The molecule has 6 heterocycles. The van der Waals surface area contributed by atoms with Gasteiger partial charge in [-0.05, 0) is 44.0 Å². The smallest absolute Gasteiger partial charge is 0.407 e. The molecule has 274 valence electrons. The number of hydrogen-bond acceptors (Lipinski definition) is 8. The number of pyridine rings is 2. The highest BCUT2D eigenvalue weighted by molar-refractivity contribution is 6.39. The van der Waals surface area contributed by atoms with E-state index in [0.717, 1.165) is 55.8 Å². The molecule has 0 radical (unpaired) electrons. The zero-order valence-electron chi connectivity index (χ0n) is 29.2. The summed E-state index contributed by atoms with van der Waals surface area (Å²) < 4.78 is 20.3. The lowest BCUT2D eigenvalue weighted by atomic mass is 9.86. The Morgan fingerprint density at radius 3 is 2.62 bits per heavy atom. The van der Waals surface area contributed by atoms with E-state index in [1.54, 1.807) is 37.6 Å². The summed E-state index contributed by atoms with van der Waals surface area (Å²) in [4.78, 5) is 45.1. The van der Waals surface area contributed by atoms with Crippen LogP contribution in [0.5, 0.6) is 5.88 Å². The van der Waals surface area contributed by atoms with E-state index >= 15 is 0 Å². The van der Waals surface area contributed by atoms with Gasteiger partial charge in [0.05, 0.1) is 46.6 Å². The first kappa shape index (κ1) is 36.1. The number of likely N-dealkylation sites (tertiary alicyclic amines) is 2. The number of imidazole rings is 1. The van der Waals surface area contributed by atoms with Gasteiger partial charge in [0, 0.05) is 93.3 Å². The number of hydrogen-bond donors (Lipinski definition) is 2. The van der Waals surface area contributed by atoms with Gasteiger partial charge in [-0.15, -0.1) is 0 Å². The number of benzene rings is 1. The van der Waals surface area contributed by atoms with E-state index in [2.05, 4.69) is 25.1 Å². The zero-order chi connectivity index (χ0) is 36.6. The van der Waals surface area contributed by atoms with Crippen LogP contribution in [-0.4, -0.2) is 104 Å². The first-order valence-corrected chi connectivity index (χ1v) is 18.2. The lowest BCUT2D eigenvalue weighted by molar-refractivity contribution is 0.101. The van der Waals surface area contributed by atoms with Crippen LogP contribution in [0.2, 0.25) is 10.0 Å². The number of carbonyl (C=O) groups is 2. The second-order valence-corrected chi connectivity index (χ2v) is 14.6. The predicted molar refractivity (Wildman–Crippen MR) is 197 cm³/mol. The number of ether oxygens (including phenoxy) is 1. The van der Waals surface area contributed by atoms with Crippen molar-refractivity contribution >= 4 is 40.9 Å². The fraction of sp³-hybridized carbons (Fsp3) is 0.432. The van der Waals surface area contributed by atoms with E-state index in [4.69, 9.17) is 32.9 Å². The van der Waals surface area contributed by atoms with Crippen LogP contribution in [-0.2, 0) is 26.6 Å². The van der Waals surface area contributed by atoms with Crippen molar-refractivity contribution < 1.29 is 23.8 Å². The van der Waals surface area contributed by atoms with E-state index in [0.29, 0.717) is 78.2 Å². The van der Waals surface area contributed by atoms with Crippen LogP contribution in [0.1, 0.15) is 46.8 Å². The summed E-state index contributed by atoms with van der Waals surface area (Å²) in [6.45, 7) is 5.15. The van der Waals surface area contributed by atoms with Gasteiger partial charge in [0.2, 0.25) is 5.88 Å². The molecule has 1 spiro atoms. The first-order chi connectivity index (χ1) is 25.1. The molecule has 0 unspecified atom stereocenters. The molecule has 1 aromatic carbocycles. The number of nitrogens with zero attached hydrogens (tertiary/aromatic N) is 7. The van der Waals surface area contributed by atoms with Gasteiger partial charge in [-0.2, -0.15) is 0 Å². The Morgan fingerprint density at radius 2 is 1.85 bits per heavy atom. The van der Waals surface area contributed by atoms with Crippen LogP contribution in [0.25, 0.3) is 22.5 Å². The average molecular weight is 752 g/mol. The molecule has 12 nitrogen and oxygen atoms in total. The van der Waals surface area contributed by atoms with E-state index in [9.17, 15) is 19.1 Å². The van der Waals surface area contributed by atoms with Gasteiger partial charge in [-0.3, -0.25) is 24.0 Å². The normalized spacial score (nSPS) is 19.0. The number of methoxy groups -OCH3 is 1. The zero-order valence-corrected chi connectivity index (χ0v) is 30.7. The summed E-state index contributed by atoms with van der Waals surface area (Å²) in [5.41, 5.74) is 5.34. The number of halogens is 3. The molecule has 0 aliphatic carbocycles. The van der Waals surface area contributed by atoms with E-state index < -0.39 is 12.0 Å². The molecule has 3 aromatic heterocycles. The largest absolute Gasteiger partial charge is 0.481 e. The Kier molecular flexibility index (Phi) is 10.4. The first-order valence-electron chi connectivity index (χ1n) is 17.4. The molecular weight excluding hydrogens is 710 g/mol. The maximum absolute atomic E-state index is 13.5. The van der Waals surface area contributed by atoms with Gasteiger partial charge in [0.1, 0.15) is 0 Å². The molecule has 1 atom stereocenters. The molecular formula is C37H41Cl2FN8O4. The van der Waals surface area contributed by atoms with Crippen molar-refractivity contribution in [2.45, 2.75) is 38.8 Å². The van der Waals surface area contributed by atoms with Gasteiger partial charge in [-0.1, -0.05) is 41.4 Å². The second kappa shape index (κ2) is 15.0.